The van der Waals surface area contributed by atoms with E-state index in [1.54, 1.807) is 0 Å². The first-order valence-electron chi connectivity index (χ1n) is 15.8. The van der Waals surface area contributed by atoms with Crippen molar-refractivity contribution in [1.29, 1.82) is 0 Å². The fraction of sp³-hybridized carbons (Fsp3) is 0.0476. The maximum Gasteiger partial charge on any atom is 0.238 e. The van der Waals surface area contributed by atoms with Gasteiger partial charge in [-0.3, -0.25) is 0 Å². The van der Waals surface area contributed by atoms with Crippen molar-refractivity contribution in [1.82, 2.24) is 4.57 Å². The van der Waals surface area contributed by atoms with Crippen LogP contribution >= 0.6 is 7.49 Å². The van der Waals surface area contributed by atoms with Crippen molar-refractivity contribution in [3.05, 3.63) is 182 Å². The molecule has 0 fully saturated rings. The van der Waals surface area contributed by atoms with Gasteiger partial charge in [0, 0.05) is 33.8 Å². The Kier molecular flexibility index (Phi) is 6.31. The van der Waals surface area contributed by atoms with Gasteiger partial charge in [-0.1, -0.05) is 97.1 Å². The monoisotopic (exact) mass is 611 g/mol. The molecule has 0 saturated carbocycles. The van der Waals surface area contributed by atoms with Crippen molar-refractivity contribution in [2.45, 2.75) is 12.0 Å². The van der Waals surface area contributed by atoms with E-state index in [9.17, 15) is 4.89 Å². The van der Waals surface area contributed by atoms with Gasteiger partial charge in [0.1, 0.15) is 15.9 Å². The highest BCUT2D eigenvalue weighted by Crippen LogP contribution is 2.52. The Balaban J connectivity index is 1.14. The van der Waals surface area contributed by atoms with Gasteiger partial charge in [-0.2, -0.15) is 0 Å². The van der Waals surface area contributed by atoms with Crippen molar-refractivity contribution in [2.24, 2.45) is 0 Å². The molecule has 3 nitrogen and oxygen atoms in total. The Bertz CT molecular complexity index is 2230. The third kappa shape index (κ3) is 4.06. The number of benzene rings is 6. The van der Waals surface area contributed by atoms with E-state index in [1.165, 1.54) is 33.1 Å². The lowest BCUT2D eigenvalue weighted by molar-refractivity contribution is 0.633. The number of nitrogens with zero attached hydrogens (tertiary/aromatic N) is 2. The van der Waals surface area contributed by atoms with E-state index in [0.717, 1.165) is 27.3 Å². The summed E-state index contributed by atoms with van der Waals surface area (Å²) >= 11 is 0. The zero-order valence-electron chi connectivity index (χ0n) is 25.2. The van der Waals surface area contributed by atoms with Crippen LogP contribution in [0.4, 0.5) is 11.4 Å². The molecule has 1 aliphatic carbocycles. The van der Waals surface area contributed by atoms with E-state index in [-0.39, 0.29) is 6.04 Å². The number of hydrogen-bond donors (Lipinski definition) is 1. The lowest BCUT2D eigenvalue weighted by atomic mass is 9.91. The van der Waals surface area contributed by atoms with Crippen molar-refractivity contribution >= 4 is 56.6 Å². The first-order chi connectivity index (χ1) is 22.7. The van der Waals surface area contributed by atoms with Gasteiger partial charge in [0.2, 0.25) is 7.49 Å². The van der Waals surface area contributed by atoms with Gasteiger partial charge in [0.15, 0.2) is 0 Å². The van der Waals surface area contributed by atoms with Crippen LogP contribution in [-0.4, -0.2) is 15.5 Å². The zero-order valence-corrected chi connectivity index (χ0v) is 26.1. The van der Waals surface area contributed by atoms with Gasteiger partial charge < -0.3 is 9.47 Å². The van der Waals surface area contributed by atoms with Gasteiger partial charge in [-0.05, 0) is 84.4 Å². The average Bonchev–Trinajstić information content (AvgIpc) is 3.65. The van der Waals surface area contributed by atoms with Gasteiger partial charge >= 0.3 is 0 Å². The molecule has 0 radical (unpaired) electrons. The quantitative estimate of drug-likeness (QED) is 0.197. The summed E-state index contributed by atoms with van der Waals surface area (Å²) in [6.07, 6.45) is 8.91. The van der Waals surface area contributed by atoms with Crippen LogP contribution in [-0.2, 0) is 0 Å². The van der Waals surface area contributed by atoms with E-state index >= 15 is 0 Å². The minimum atomic E-state index is -2.92. The van der Waals surface area contributed by atoms with Crippen LogP contribution in [0.5, 0.6) is 0 Å². The third-order valence-corrected chi connectivity index (χ3v) is 12.8. The summed E-state index contributed by atoms with van der Waals surface area (Å²) in [5, 5.41) is 5.29. The number of allylic oxidation sites excluding steroid dienone is 2. The molecular weight excluding hydrogens is 579 g/mol. The van der Waals surface area contributed by atoms with E-state index < -0.39 is 7.49 Å². The average molecular weight is 612 g/mol. The first-order valence-corrected chi connectivity index (χ1v) is 17.6. The predicted octanol–water partition coefficient (Wildman–Crippen LogP) is 8.71. The molecule has 7 aromatic rings. The molecule has 0 saturated heterocycles. The van der Waals surface area contributed by atoms with Crippen LogP contribution in [0.2, 0.25) is 0 Å². The normalized spacial score (nSPS) is 18.1. The van der Waals surface area contributed by atoms with Crippen molar-refractivity contribution < 1.29 is 4.89 Å². The van der Waals surface area contributed by atoms with Crippen molar-refractivity contribution in [3.63, 3.8) is 0 Å². The number of para-hydroxylation sites is 3. The Morgan fingerprint density at radius 1 is 0.478 bits per heavy atom. The molecule has 6 aromatic carbocycles. The molecule has 2 aliphatic rings. The molecule has 0 amide bonds. The molecule has 0 bridgehead atoms. The first kappa shape index (κ1) is 27.1. The van der Waals surface area contributed by atoms with Gasteiger partial charge in [-0.15, -0.1) is 0 Å². The minimum absolute atomic E-state index is 0.240. The summed E-state index contributed by atoms with van der Waals surface area (Å²) in [7, 11) is -2.92. The number of aromatic nitrogens is 1. The second-order valence-corrected chi connectivity index (χ2v) is 14.9. The predicted molar refractivity (Wildman–Crippen MR) is 195 cm³/mol. The van der Waals surface area contributed by atoms with Gasteiger partial charge in [-0.25, -0.2) is 4.89 Å². The molecule has 46 heavy (non-hydrogen) atoms. The molecule has 3 atom stereocenters. The summed E-state index contributed by atoms with van der Waals surface area (Å²) in [6.45, 7) is 0. The molecule has 1 aromatic heterocycles. The molecule has 0 spiro atoms. The highest BCUT2D eigenvalue weighted by atomic mass is 31.2. The smallest absolute Gasteiger partial charge is 0.238 e. The molecule has 220 valence electrons. The van der Waals surface area contributed by atoms with E-state index in [0.29, 0.717) is 5.92 Å². The van der Waals surface area contributed by atoms with Crippen molar-refractivity contribution in [2.75, 3.05) is 4.90 Å². The Labute approximate surface area is 269 Å². The Morgan fingerprint density at radius 3 is 1.67 bits per heavy atom. The molecule has 2 heterocycles. The Hall–Kier alpha value is -5.21. The molecule has 3 unspecified atom stereocenters. The van der Waals surface area contributed by atoms with Crippen LogP contribution in [0.25, 0.3) is 27.5 Å². The number of anilines is 2. The summed E-state index contributed by atoms with van der Waals surface area (Å²) < 4.78 is 2.32. The zero-order chi connectivity index (χ0) is 30.7. The summed E-state index contributed by atoms with van der Waals surface area (Å²) in [6, 6.07) is 53.4. The fourth-order valence-corrected chi connectivity index (χ4v) is 10.2. The van der Waals surface area contributed by atoms with Crippen LogP contribution in [0.3, 0.4) is 0 Å². The largest absolute Gasteiger partial charge is 0.333 e. The van der Waals surface area contributed by atoms with Crippen molar-refractivity contribution in [3.8, 4) is 5.69 Å². The third-order valence-electron chi connectivity index (χ3n) is 9.65. The topological polar surface area (TPSA) is 28.4 Å². The summed E-state index contributed by atoms with van der Waals surface area (Å²) in [4.78, 5) is 15.3. The molecular formula is C42H32N2OP+. The van der Waals surface area contributed by atoms with Crippen LogP contribution in [0.15, 0.2) is 176 Å². The second kappa shape index (κ2) is 10.7. The SMILES string of the molecule is O[P+](c1ccccc1)(c1ccc(N2c3ccccc3C3C=CC=CC32)cc1)c1ccc(-n2c3ccccc3c3ccccc32)cc1. The fourth-order valence-electron chi connectivity index (χ4n) is 7.53. The number of rotatable bonds is 5. The van der Waals surface area contributed by atoms with Gasteiger partial charge in [0.05, 0.1) is 17.1 Å². The number of fused-ring (bicyclic) bond motifs is 6. The number of hydrogen-bond acceptors (Lipinski definition) is 2. The van der Waals surface area contributed by atoms with E-state index in [2.05, 4.69) is 167 Å². The summed E-state index contributed by atoms with van der Waals surface area (Å²) in [5.74, 6) is 0.336. The highest BCUT2D eigenvalue weighted by Gasteiger charge is 2.45. The minimum Gasteiger partial charge on any atom is -0.333 e. The standard InChI is InChI=1S/C42H32N2OP/c45-46(32-12-2-1-3-13-32,33-26-22-30(23-27-33)43-39-18-8-4-14-35(39)36-15-5-9-19-40(36)43)34-28-24-31(25-29-34)44-41-20-10-6-16-37(41)38-17-7-11-21-42(38)44/h1-29,35,39,45H/q+1. The van der Waals surface area contributed by atoms with E-state index in [4.69, 9.17) is 0 Å². The molecule has 4 heteroatoms. The maximum atomic E-state index is 12.9. The molecule has 1 N–H and O–H groups in total. The maximum absolute atomic E-state index is 12.9. The Morgan fingerprint density at radius 2 is 1.00 bits per heavy atom. The van der Waals surface area contributed by atoms with Gasteiger partial charge in [0.25, 0.3) is 0 Å². The van der Waals surface area contributed by atoms with Crippen LogP contribution < -0.4 is 20.8 Å². The highest BCUT2D eigenvalue weighted by molar-refractivity contribution is 7.91. The second-order valence-electron chi connectivity index (χ2n) is 12.1. The van der Waals surface area contributed by atoms with E-state index in [1.807, 2.05) is 18.2 Å². The summed E-state index contributed by atoms with van der Waals surface area (Å²) in [5.41, 5.74) is 7.16. The van der Waals surface area contributed by atoms with Crippen LogP contribution in [0, 0.1) is 0 Å². The molecule has 1 aliphatic heterocycles. The molecule has 9 rings (SSSR count). The lowest BCUT2D eigenvalue weighted by Crippen LogP contribution is -2.31. The van der Waals surface area contributed by atoms with Crippen LogP contribution in [0.1, 0.15) is 11.5 Å². The lowest BCUT2D eigenvalue weighted by Gasteiger charge is -2.29.